The first kappa shape index (κ1) is 15.3. The second kappa shape index (κ2) is 7.07. The molecule has 108 valence electrons. The Bertz CT molecular complexity index is 707. The Morgan fingerprint density at radius 3 is 2.90 bits per heavy atom. The number of carbonyl (C=O) groups is 1. The Morgan fingerprint density at radius 1 is 1.38 bits per heavy atom. The Kier molecular flexibility index (Phi) is 5.15. The SMILES string of the molecule is CCc1ccsc1C(=O)Nc1cc(C#CCN)ccc1C. The molecule has 0 fully saturated rings. The van der Waals surface area contributed by atoms with Crippen LogP contribution in [0.5, 0.6) is 0 Å². The molecule has 0 saturated heterocycles. The highest BCUT2D eigenvalue weighted by Gasteiger charge is 2.13. The van der Waals surface area contributed by atoms with E-state index in [1.54, 1.807) is 0 Å². The van der Waals surface area contributed by atoms with Gasteiger partial charge in [-0.3, -0.25) is 4.79 Å². The summed E-state index contributed by atoms with van der Waals surface area (Å²) < 4.78 is 0. The van der Waals surface area contributed by atoms with Crippen LogP contribution in [0.3, 0.4) is 0 Å². The predicted octanol–water partition coefficient (Wildman–Crippen LogP) is 3.18. The molecular formula is C17H18N2OS. The minimum atomic E-state index is -0.0612. The van der Waals surface area contributed by atoms with Gasteiger partial charge in [0.05, 0.1) is 11.4 Å². The average molecular weight is 298 g/mol. The van der Waals surface area contributed by atoms with E-state index in [1.165, 1.54) is 11.3 Å². The van der Waals surface area contributed by atoms with E-state index in [0.29, 0.717) is 6.54 Å². The van der Waals surface area contributed by atoms with Crippen molar-refractivity contribution in [2.45, 2.75) is 20.3 Å². The zero-order valence-electron chi connectivity index (χ0n) is 12.2. The summed E-state index contributed by atoms with van der Waals surface area (Å²) in [6, 6.07) is 7.76. The number of nitrogens with one attached hydrogen (secondary N) is 1. The summed E-state index contributed by atoms with van der Waals surface area (Å²) in [5.74, 6) is 5.74. The minimum Gasteiger partial charge on any atom is -0.321 e. The van der Waals surface area contributed by atoms with Crippen LogP contribution in [0.25, 0.3) is 0 Å². The molecule has 0 atom stereocenters. The lowest BCUT2D eigenvalue weighted by molar-refractivity contribution is 0.102. The third-order valence-electron chi connectivity index (χ3n) is 3.15. The molecule has 0 aliphatic carbocycles. The Balaban J connectivity index is 2.24. The third-order valence-corrected chi connectivity index (χ3v) is 4.11. The van der Waals surface area contributed by atoms with E-state index < -0.39 is 0 Å². The summed E-state index contributed by atoms with van der Waals surface area (Å²) in [7, 11) is 0. The van der Waals surface area contributed by atoms with Gasteiger partial charge in [-0.05, 0) is 48.1 Å². The van der Waals surface area contributed by atoms with Crippen molar-refractivity contribution in [3.05, 3.63) is 51.2 Å². The van der Waals surface area contributed by atoms with Crippen LogP contribution in [0.15, 0.2) is 29.6 Å². The highest BCUT2D eigenvalue weighted by atomic mass is 32.1. The Hall–Kier alpha value is -2.09. The van der Waals surface area contributed by atoms with Crippen molar-refractivity contribution in [1.29, 1.82) is 0 Å². The first-order valence-electron chi connectivity index (χ1n) is 6.83. The monoisotopic (exact) mass is 298 g/mol. The summed E-state index contributed by atoms with van der Waals surface area (Å²) in [5.41, 5.74) is 9.11. The van der Waals surface area contributed by atoms with E-state index in [0.717, 1.165) is 33.7 Å². The van der Waals surface area contributed by atoms with Gasteiger partial charge < -0.3 is 11.1 Å². The number of thiophene rings is 1. The van der Waals surface area contributed by atoms with Gasteiger partial charge in [-0.25, -0.2) is 0 Å². The van der Waals surface area contributed by atoms with Gasteiger partial charge in [0, 0.05) is 11.3 Å². The van der Waals surface area contributed by atoms with Crippen LogP contribution in [0.2, 0.25) is 0 Å². The molecule has 0 aliphatic rings. The van der Waals surface area contributed by atoms with Crippen LogP contribution in [-0.2, 0) is 6.42 Å². The maximum absolute atomic E-state index is 12.4. The quantitative estimate of drug-likeness (QED) is 0.855. The van der Waals surface area contributed by atoms with Crippen LogP contribution >= 0.6 is 11.3 Å². The number of anilines is 1. The van der Waals surface area contributed by atoms with Gasteiger partial charge >= 0.3 is 0 Å². The number of aryl methyl sites for hydroxylation is 2. The number of hydrogen-bond donors (Lipinski definition) is 2. The van der Waals surface area contributed by atoms with Crippen LogP contribution < -0.4 is 11.1 Å². The fourth-order valence-corrected chi connectivity index (χ4v) is 2.87. The van der Waals surface area contributed by atoms with Crippen molar-refractivity contribution < 1.29 is 4.79 Å². The molecular weight excluding hydrogens is 280 g/mol. The summed E-state index contributed by atoms with van der Waals surface area (Å²) in [6.07, 6.45) is 0.854. The summed E-state index contributed by atoms with van der Waals surface area (Å²) in [5, 5.41) is 4.92. The van der Waals surface area contributed by atoms with Gasteiger partial charge in [0.15, 0.2) is 0 Å². The molecule has 1 amide bonds. The largest absolute Gasteiger partial charge is 0.321 e. The topological polar surface area (TPSA) is 55.1 Å². The summed E-state index contributed by atoms with van der Waals surface area (Å²) >= 11 is 1.47. The third kappa shape index (κ3) is 3.72. The second-order valence-corrected chi connectivity index (χ2v) is 5.53. The van der Waals surface area contributed by atoms with E-state index >= 15 is 0 Å². The molecule has 21 heavy (non-hydrogen) atoms. The van der Waals surface area contributed by atoms with Gasteiger partial charge in [0.2, 0.25) is 0 Å². The van der Waals surface area contributed by atoms with Crippen molar-refractivity contribution in [3.63, 3.8) is 0 Å². The van der Waals surface area contributed by atoms with Gasteiger partial charge in [0.25, 0.3) is 5.91 Å². The first-order valence-corrected chi connectivity index (χ1v) is 7.71. The normalized spacial score (nSPS) is 9.86. The molecule has 0 radical (unpaired) electrons. The maximum atomic E-state index is 12.4. The molecule has 0 saturated carbocycles. The van der Waals surface area contributed by atoms with Gasteiger partial charge in [-0.1, -0.05) is 24.8 Å². The first-order chi connectivity index (χ1) is 10.2. The molecule has 0 unspecified atom stereocenters. The molecule has 4 heteroatoms. The van der Waals surface area contributed by atoms with Crippen molar-refractivity contribution in [3.8, 4) is 11.8 Å². The molecule has 1 aromatic carbocycles. The lowest BCUT2D eigenvalue weighted by Gasteiger charge is -2.09. The minimum absolute atomic E-state index is 0.0612. The molecule has 0 aliphatic heterocycles. The number of nitrogens with two attached hydrogens (primary N) is 1. The number of benzene rings is 1. The lowest BCUT2D eigenvalue weighted by Crippen LogP contribution is -2.13. The van der Waals surface area contributed by atoms with Crippen molar-refractivity contribution in [2.24, 2.45) is 5.73 Å². The van der Waals surface area contributed by atoms with Crippen molar-refractivity contribution >= 4 is 22.9 Å². The fourth-order valence-electron chi connectivity index (χ4n) is 1.98. The van der Waals surface area contributed by atoms with Crippen molar-refractivity contribution in [2.75, 3.05) is 11.9 Å². The van der Waals surface area contributed by atoms with Gasteiger partial charge in [0.1, 0.15) is 0 Å². The van der Waals surface area contributed by atoms with Gasteiger partial charge in [-0.15, -0.1) is 11.3 Å². The summed E-state index contributed by atoms with van der Waals surface area (Å²) in [4.78, 5) is 13.1. The number of rotatable bonds is 3. The standard InChI is InChI=1S/C17H18N2OS/c1-3-14-8-10-21-16(14)17(20)19-15-11-13(5-4-9-18)7-6-12(15)2/h6-8,10-11H,3,9,18H2,1-2H3,(H,19,20). The molecule has 1 heterocycles. The zero-order chi connectivity index (χ0) is 15.2. The molecule has 1 aromatic heterocycles. The Morgan fingerprint density at radius 2 is 2.19 bits per heavy atom. The number of carbonyl (C=O) groups excluding carboxylic acids is 1. The number of hydrogen-bond acceptors (Lipinski definition) is 3. The molecule has 3 nitrogen and oxygen atoms in total. The second-order valence-electron chi connectivity index (χ2n) is 4.62. The van der Waals surface area contributed by atoms with Gasteiger partial charge in [-0.2, -0.15) is 0 Å². The van der Waals surface area contributed by atoms with E-state index in [2.05, 4.69) is 17.2 Å². The molecule has 0 spiro atoms. The van der Waals surface area contributed by atoms with E-state index in [4.69, 9.17) is 5.73 Å². The predicted molar refractivity (Wildman–Crippen MR) is 88.8 cm³/mol. The fraction of sp³-hybridized carbons (Fsp3) is 0.235. The smallest absolute Gasteiger partial charge is 0.266 e. The average Bonchev–Trinajstić information content (AvgIpc) is 2.96. The van der Waals surface area contributed by atoms with Crippen LogP contribution in [0.1, 0.15) is 33.3 Å². The van der Waals surface area contributed by atoms with Crippen LogP contribution in [0, 0.1) is 18.8 Å². The molecule has 3 N–H and O–H groups in total. The Labute approximate surface area is 129 Å². The van der Waals surface area contributed by atoms with Crippen LogP contribution in [0.4, 0.5) is 5.69 Å². The molecule has 0 bridgehead atoms. The van der Waals surface area contributed by atoms with Crippen LogP contribution in [-0.4, -0.2) is 12.5 Å². The highest BCUT2D eigenvalue weighted by Crippen LogP contribution is 2.21. The highest BCUT2D eigenvalue weighted by molar-refractivity contribution is 7.12. The van der Waals surface area contributed by atoms with E-state index in [1.807, 2.05) is 43.5 Å². The summed E-state index contributed by atoms with van der Waals surface area (Å²) in [6.45, 7) is 4.34. The van der Waals surface area contributed by atoms with E-state index in [-0.39, 0.29) is 5.91 Å². The zero-order valence-corrected chi connectivity index (χ0v) is 13.0. The number of amides is 1. The molecule has 2 aromatic rings. The maximum Gasteiger partial charge on any atom is 0.266 e. The lowest BCUT2D eigenvalue weighted by atomic mass is 10.1. The van der Waals surface area contributed by atoms with Crippen molar-refractivity contribution in [1.82, 2.24) is 0 Å². The van der Waals surface area contributed by atoms with E-state index in [9.17, 15) is 4.79 Å². The molecule has 2 rings (SSSR count).